The van der Waals surface area contributed by atoms with Gasteiger partial charge in [-0.25, -0.2) is 9.78 Å². The molecule has 0 spiro atoms. The monoisotopic (exact) mass is 398 g/mol. The molecular weight excluding hydrogens is 384 g/mol. The number of amides is 1. The first-order chi connectivity index (χ1) is 13.1. The fourth-order valence-corrected chi connectivity index (χ4v) is 4.06. The summed E-state index contributed by atoms with van der Waals surface area (Å²) in [4.78, 5) is 28.6. The van der Waals surface area contributed by atoms with Gasteiger partial charge in [0.1, 0.15) is 5.58 Å². The predicted molar refractivity (Wildman–Crippen MR) is 106 cm³/mol. The number of thiophene rings is 1. The molecule has 0 bridgehead atoms. The summed E-state index contributed by atoms with van der Waals surface area (Å²) < 4.78 is 5.28. The number of aromatic nitrogens is 3. The van der Waals surface area contributed by atoms with Crippen LogP contribution in [-0.4, -0.2) is 21.1 Å². The van der Waals surface area contributed by atoms with Crippen molar-refractivity contribution in [2.75, 3.05) is 5.32 Å². The average molecular weight is 398 g/mol. The highest BCUT2D eigenvalue weighted by atomic mass is 32.2. The van der Waals surface area contributed by atoms with Gasteiger partial charge in [0.05, 0.1) is 4.88 Å². The fourth-order valence-electron chi connectivity index (χ4n) is 2.61. The summed E-state index contributed by atoms with van der Waals surface area (Å²) in [7, 11) is 0. The SMILES string of the molecule is CC(=O)Nc1ccc2c(CSc3n[nH]c(-c4cccs4)n3)cc(=O)oc2c1. The molecule has 0 aliphatic rings. The summed E-state index contributed by atoms with van der Waals surface area (Å²) in [6.45, 7) is 1.43. The Morgan fingerprint density at radius 2 is 2.22 bits per heavy atom. The number of H-pyrrole nitrogens is 1. The van der Waals surface area contributed by atoms with Gasteiger partial charge in [-0.1, -0.05) is 17.8 Å². The minimum absolute atomic E-state index is 0.186. The van der Waals surface area contributed by atoms with Gasteiger partial charge in [-0.3, -0.25) is 9.89 Å². The maximum atomic E-state index is 11.9. The molecule has 7 nitrogen and oxygen atoms in total. The number of anilines is 1. The number of hydrogen-bond acceptors (Lipinski definition) is 7. The summed E-state index contributed by atoms with van der Waals surface area (Å²) >= 11 is 3.02. The van der Waals surface area contributed by atoms with Crippen LogP contribution in [0.3, 0.4) is 0 Å². The molecule has 3 aromatic heterocycles. The highest BCUT2D eigenvalue weighted by Gasteiger charge is 2.11. The van der Waals surface area contributed by atoms with Gasteiger partial charge in [0, 0.05) is 35.9 Å². The second-order valence-electron chi connectivity index (χ2n) is 5.72. The van der Waals surface area contributed by atoms with Crippen molar-refractivity contribution in [3.05, 3.63) is 57.8 Å². The van der Waals surface area contributed by atoms with E-state index >= 15 is 0 Å². The zero-order chi connectivity index (χ0) is 18.8. The third-order valence-corrected chi connectivity index (χ3v) is 5.50. The molecular formula is C18H14N4O3S2. The smallest absolute Gasteiger partial charge is 0.336 e. The third kappa shape index (κ3) is 3.93. The van der Waals surface area contributed by atoms with E-state index in [4.69, 9.17) is 4.42 Å². The minimum Gasteiger partial charge on any atom is -0.423 e. The zero-order valence-electron chi connectivity index (χ0n) is 14.2. The number of carbonyl (C=O) groups excluding carboxylic acids is 1. The number of fused-ring (bicyclic) bond motifs is 1. The quantitative estimate of drug-likeness (QED) is 0.391. The lowest BCUT2D eigenvalue weighted by Gasteiger charge is -2.06. The van der Waals surface area contributed by atoms with Gasteiger partial charge in [-0.15, -0.1) is 16.4 Å². The molecule has 0 saturated carbocycles. The van der Waals surface area contributed by atoms with Crippen LogP contribution < -0.4 is 10.9 Å². The second-order valence-corrected chi connectivity index (χ2v) is 7.61. The van der Waals surface area contributed by atoms with E-state index in [2.05, 4.69) is 20.5 Å². The molecule has 27 heavy (non-hydrogen) atoms. The first kappa shape index (κ1) is 17.5. The lowest BCUT2D eigenvalue weighted by Crippen LogP contribution is -2.06. The number of aromatic amines is 1. The highest BCUT2D eigenvalue weighted by Crippen LogP contribution is 2.28. The zero-order valence-corrected chi connectivity index (χ0v) is 15.8. The molecule has 3 heterocycles. The van der Waals surface area contributed by atoms with Crippen molar-refractivity contribution in [2.24, 2.45) is 0 Å². The second kappa shape index (κ2) is 7.37. The van der Waals surface area contributed by atoms with Crippen molar-refractivity contribution in [2.45, 2.75) is 17.8 Å². The van der Waals surface area contributed by atoms with Crippen LogP contribution in [0.25, 0.3) is 21.7 Å². The lowest BCUT2D eigenvalue weighted by atomic mass is 10.1. The van der Waals surface area contributed by atoms with Crippen LogP contribution in [-0.2, 0) is 10.5 Å². The first-order valence-corrected chi connectivity index (χ1v) is 9.88. The molecule has 0 radical (unpaired) electrons. The number of carbonyl (C=O) groups is 1. The van der Waals surface area contributed by atoms with Gasteiger partial charge in [0.2, 0.25) is 11.1 Å². The molecule has 4 aromatic rings. The van der Waals surface area contributed by atoms with Crippen molar-refractivity contribution in [1.29, 1.82) is 0 Å². The molecule has 0 fully saturated rings. The van der Waals surface area contributed by atoms with Crippen molar-refractivity contribution < 1.29 is 9.21 Å². The van der Waals surface area contributed by atoms with E-state index in [0.29, 0.717) is 22.2 Å². The van der Waals surface area contributed by atoms with E-state index in [1.807, 2.05) is 23.6 Å². The summed E-state index contributed by atoms with van der Waals surface area (Å²) in [6.07, 6.45) is 0. The largest absolute Gasteiger partial charge is 0.423 e. The molecule has 136 valence electrons. The van der Waals surface area contributed by atoms with E-state index in [0.717, 1.165) is 21.7 Å². The molecule has 2 N–H and O–H groups in total. The number of benzene rings is 1. The summed E-state index contributed by atoms with van der Waals surface area (Å²) in [6, 6.07) is 10.7. The number of hydrogen-bond donors (Lipinski definition) is 2. The molecule has 0 saturated heterocycles. The minimum atomic E-state index is -0.438. The Labute approximate surface area is 161 Å². The third-order valence-electron chi connectivity index (χ3n) is 3.73. The van der Waals surface area contributed by atoms with Crippen molar-refractivity contribution >= 4 is 45.7 Å². The Morgan fingerprint density at radius 1 is 1.33 bits per heavy atom. The number of rotatable bonds is 5. The van der Waals surface area contributed by atoms with E-state index in [-0.39, 0.29) is 5.91 Å². The molecule has 4 rings (SSSR count). The average Bonchev–Trinajstić information content (AvgIpc) is 3.30. The molecule has 1 aromatic carbocycles. The standard InChI is InChI=1S/C18H14N4O3S2/c1-10(23)19-12-4-5-13-11(7-16(24)25-14(13)8-12)9-27-18-20-17(21-22-18)15-3-2-6-26-15/h2-8H,9H2,1H3,(H,19,23)(H,20,21,22). The van der Waals surface area contributed by atoms with Crippen molar-refractivity contribution in [3.63, 3.8) is 0 Å². The fraction of sp³-hybridized carbons (Fsp3) is 0.111. The van der Waals surface area contributed by atoms with Gasteiger partial charge < -0.3 is 9.73 Å². The van der Waals surface area contributed by atoms with Crippen LogP contribution in [0, 0.1) is 0 Å². The first-order valence-electron chi connectivity index (χ1n) is 8.02. The molecule has 0 unspecified atom stereocenters. The lowest BCUT2D eigenvalue weighted by molar-refractivity contribution is -0.114. The Kier molecular flexibility index (Phi) is 4.78. The maximum Gasteiger partial charge on any atom is 0.336 e. The Morgan fingerprint density at radius 3 is 3.00 bits per heavy atom. The van der Waals surface area contributed by atoms with Crippen LogP contribution >= 0.6 is 23.1 Å². The summed E-state index contributed by atoms with van der Waals surface area (Å²) in [5.41, 5.74) is 1.39. The van der Waals surface area contributed by atoms with Gasteiger partial charge in [0.25, 0.3) is 0 Å². The van der Waals surface area contributed by atoms with Crippen molar-refractivity contribution in [3.8, 4) is 10.7 Å². The summed E-state index contributed by atoms with van der Waals surface area (Å²) in [5, 5.41) is 13.2. The highest BCUT2D eigenvalue weighted by molar-refractivity contribution is 7.98. The van der Waals surface area contributed by atoms with Gasteiger partial charge in [-0.2, -0.15) is 0 Å². The van der Waals surface area contributed by atoms with Gasteiger partial charge >= 0.3 is 5.63 Å². The van der Waals surface area contributed by atoms with Crippen LogP contribution in [0.2, 0.25) is 0 Å². The van der Waals surface area contributed by atoms with Crippen molar-refractivity contribution in [1.82, 2.24) is 15.2 Å². The molecule has 0 aliphatic heterocycles. The summed E-state index contributed by atoms with van der Waals surface area (Å²) in [5.74, 6) is 1.06. The Hall–Kier alpha value is -2.91. The Bertz CT molecular complexity index is 1170. The normalized spacial score (nSPS) is 11.0. The van der Waals surface area contributed by atoms with E-state index < -0.39 is 5.63 Å². The van der Waals surface area contributed by atoms with Gasteiger partial charge in [0.15, 0.2) is 5.82 Å². The number of nitrogens with zero attached hydrogens (tertiary/aromatic N) is 2. The maximum absolute atomic E-state index is 11.9. The molecule has 9 heteroatoms. The molecule has 0 aliphatic carbocycles. The van der Waals surface area contributed by atoms with E-state index in [9.17, 15) is 9.59 Å². The van der Waals surface area contributed by atoms with Crippen LogP contribution in [0.1, 0.15) is 12.5 Å². The number of thioether (sulfide) groups is 1. The predicted octanol–water partition coefficient (Wildman–Crippen LogP) is 3.89. The molecule has 0 atom stereocenters. The van der Waals surface area contributed by atoms with E-state index in [1.165, 1.54) is 24.8 Å². The Balaban J connectivity index is 1.58. The number of nitrogens with one attached hydrogen (secondary N) is 2. The van der Waals surface area contributed by atoms with E-state index in [1.54, 1.807) is 23.5 Å². The van der Waals surface area contributed by atoms with Crippen LogP contribution in [0.4, 0.5) is 5.69 Å². The van der Waals surface area contributed by atoms with Crippen LogP contribution in [0.15, 0.2) is 56.1 Å². The molecule has 1 amide bonds. The van der Waals surface area contributed by atoms with Gasteiger partial charge in [-0.05, 0) is 29.1 Å². The van der Waals surface area contributed by atoms with Crippen LogP contribution in [0.5, 0.6) is 0 Å². The topological polar surface area (TPSA) is 101 Å².